The molecule has 0 aliphatic heterocycles. The zero-order chi connectivity index (χ0) is 21.4. The Morgan fingerprint density at radius 2 is 1.83 bits per heavy atom. The molecule has 0 aromatic heterocycles. The van der Waals surface area contributed by atoms with Crippen LogP contribution in [0.3, 0.4) is 0 Å². The van der Waals surface area contributed by atoms with Gasteiger partial charge in [0.2, 0.25) is 0 Å². The topological polar surface area (TPSA) is 55.8 Å². The van der Waals surface area contributed by atoms with Crippen molar-refractivity contribution in [3.8, 4) is 5.75 Å². The molecule has 5 heteroatoms. The molecule has 2 rings (SSSR count). The van der Waals surface area contributed by atoms with Crippen LogP contribution in [0.5, 0.6) is 5.75 Å². The molecule has 0 saturated carbocycles. The first-order valence-corrected chi connectivity index (χ1v) is 9.61. The number of halogens is 1. The molecule has 29 heavy (non-hydrogen) atoms. The zero-order valence-corrected chi connectivity index (χ0v) is 17.2. The summed E-state index contributed by atoms with van der Waals surface area (Å²) in [6.45, 7) is 7.62. The summed E-state index contributed by atoms with van der Waals surface area (Å²) in [6.07, 6.45) is 6.29. The van der Waals surface area contributed by atoms with E-state index >= 15 is 0 Å². The maximum absolute atomic E-state index is 13.1. The van der Waals surface area contributed by atoms with E-state index in [0.29, 0.717) is 24.0 Å². The molecule has 2 aromatic carbocycles. The molecule has 0 saturated heterocycles. The number of hydrogen-bond acceptors (Lipinski definition) is 4. The average molecular weight is 398 g/mol. The summed E-state index contributed by atoms with van der Waals surface area (Å²) in [7, 11) is 0. The van der Waals surface area contributed by atoms with Gasteiger partial charge in [0.15, 0.2) is 0 Å². The standard InChI is InChI=1S/C24H27FO4/c1-5-17(4)28-29-24(27)22-19(11-7-18-8-14-21(25)15-9-18)12-13-20(23(22)26)10-6-16(2)3/h6-9,11-15,17,26H,5,10H2,1-4H3. The lowest BCUT2D eigenvalue weighted by atomic mass is 9.98. The summed E-state index contributed by atoms with van der Waals surface area (Å²) in [5.41, 5.74) is 2.99. The molecule has 4 nitrogen and oxygen atoms in total. The first-order valence-electron chi connectivity index (χ1n) is 9.61. The largest absolute Gasteiger partial charge is 0.507 e. The van der Waals surface area contributed by atoms with Gasteiger partial charge < -0.3 is 5.11 Å². The second-order valence-corrected chi connectivity index (χ2v) is 7.09. The van der Waals surface area contributed by atoms with Gasteiger partial charge in [-0.1, -0.05) is 55.0 Å². The highest BCUT2D eigenvalue weighted by Gasteiger charge is 2.21. The molecule has 0 amide bonds. The van der Waals surface area contributed by atoms with Crippen molar-refractivity contribution in [1.82, 2.24) is 0 Å². The number of phenolic OH excluding ortho intramolecular Hbond substituents is 1. The predicted octanol–water partition coefficient (Wildman–Crippen LogP) is 6.10. The minimum atomic E-state index is -0.763. The van der Waals surface area contributed by atoms with Gasteiger partial charge in [-0.3, -0.25) is 4.89 Å². The van der Waals surface area contributed by atoms with Gasteiger partial charge in [0, 0.05) is 0 Å². The minimum absolute atomic E-state index is 0.0336. The SMILES string of the molecule is CCC(C)OOC(=O)c1c(C=Cc2ccc(F)cc2)ccc(CC=C(C)C)c1O. The van der Waals surface area contributed by atoms with Crippen molar-refractivity contribution in [1.29, 1.82) is 0 Å². The Morgan fingerprint density at radius 3 is 2.45 bits per heavy atom. The monoisotopic (exact) mass is 398 g/mol. The molecule has 0 spiro atoms. The Bertz CT molecular complexity index is 894. The molecule has 154 valence electrons. The first kappa shape index (κ1) is 22.4. The van der Waals surface area contributed by atoms with E-state index in [1.165, 1.54) is 12.1 Å². The van der Waals surface area contributed by atoms with Gasteiger partial charge in [-0.2, -0.15) is 4.89 Å². The lowest BCUT2D eigenvalue weighted by molar-refractivity contribution is -0.270. The lowest BCUT2D eigenvalue weighted by Gasteiger charge is -2.13. The summed E-state index contributed by atoms with van der Waals surface area (Å²) < 4.78 is 13.1. The van der Waals surface area contributed by atoms with Crippen LogP contribution in [0, 0.1) is 5.82 Å². The maximum Gasteiger partial charge on any atom is 0.377 e. The van der Waals surface area contributed by atoms with E-state index in [-0.39, 0.29) is 23.2 Å². The van der Waals surface area contributed by atoms with E-state index in [9.17, 15) is 14.3 Å². The normalized spacial score (nSPS) is 12.0. The van der Waals surface area contributed by atoms with Crippen LogP contribution < -0.4 is 0 Å². The molecule has 2 aromatic rings. The van der Waals surface area contributed by atoms with Gasteiger partial charge in [-0.25, -0.2) is 9.18 Å². The molecule has 1 N–H and O–H groups in total. The summed E-state index contributed by atoms with van der Waals surface area (Å²) in [4.78, 5) is 22.7. The molecular weight excluding hydrogens is 371 g/mol. The average Bonchev–Trinajstić information content (AvgIpc) is 2.70. The third kappa shape index (κ3) is 6.57. The molecule has 0 fully saturated rings. The van der Waals surface area contributed by atoms with E-state index in [1.807, 2.05) is 26.8 Å². The molecule has 1 atom stereocenters. The van der Waals surface area contributed by atoms with Crippen LogP contribution in [-0.4, -0.2) is 17.2 Å². The van der Waals surface area contributed by atoms with Crippen LogP contribution in [-0.2, 0) is 16.2 Å². The highest BCUT2D eigenvalue weighted by atomic mass is 19.1. The molecule has 0 aliphatic carbocycles. The summed E-state index contributed by atoms with van der Waals surface area (Å²) in [5.74, 6) is -1.23. The van der Waals surface area contributed by atoms with Crippen molar-refractivity contribution in [3.05, 3.63) is 76.1 Å². The summed E-state index contributed by atoms with van der Waals surface area (Å²) >= 11 is 0. The minimum Gasteiger partial charge on any atom is -0.507 e. The molecule has 0 aliphatic rings. The summed E-state index contributed by atoms with van der Waals surface area (Å²) in [6, 6.07) is 9.47. The van der Waals surface area contributed by atoms with Gasteiger partial charge in [-0.05, 0) is 62.4 Å². The van der Waals surface area contributed by atoms with Crippen molar-refractivity contribution >= 4 is 18.1 Å². The van der Waals surface area contributed by atoms with Crippen LogP contribution in [0.15, 0.2) is 48.0 Å². The van der Waals surface area contributed by atoms with Crippen molar-refractivity contribution in [2.45, 2.75) is 46.6 Å². The van der Waals surface area contributed by atoms with Gasteiger partial charge in [0.1, 0.15) is 23.2 Å². The van der Waals surface area contributed by atoms with Crippen LogP contribution in [0.1, 0.15) is 61.2 Å². The number of phenols is 1. The Hall–Kier alpha value is -2.92. The Labute approximate surface area is 171 Å². The Balaban J connectivity index is 2.39. The third-order valence-corrected chi connectivity index (χ3v) is 4.42. The molecule has 0 radical (unpaired) electrons. The fraction of sp³-hybridized carbons (Fsp3) is 0.292. The molecule has 1 unspecified atom stereocenters. The zero-order valence-electron chi connectivity index (χ0n) is 17.2. The number of rotatable bonds is 8. The van der Waals surface area contributed by atoms with Gasteiger partial charge in [0.05, 0.1) is 0 Å². The number of allylic oxidation sites excluding steroid dienone is 2. The van der Waals surface area contributed by atoms with Crippen molar-refractivity contribution < 1.29 is 24.1 Å². The van der Waals surface area contributed by atoms with Gasteiger partial charge >= 0.3 is 5.97 Å². The van der Waals surface area contributed by atoms with Gasteiger partial charge in [-0.15, -0.1) is 0 Å². The third-order valence-electron chi connectivity index (χ3n) is 4.42. The van der Waals surface area contributed by atoms with Crippen LogP contribution in [0.2, 0.25) is 0 Å². The van der Waals surface area contributed by atoms with Crippen LogP contribution in [0.25, 0.3) is 12.2 Å². The van der Waals surface area contributed by atoms with E-state index < -0.39 is 5.97 Å². The predicted molar refractivity (Wildman–Crippen MR) is 113 cm³/mol. The van der Waals surface area contributed by atoms with E-state index in [1.54, 1.807) is 43.3 Å². The van der Waals surface area contributed by atoms with E-state index in [2.05, 4.69) is 0 Å². The van der Waals surface area contributed by atoms with Gasteiger partial charge in [0.25, 0.3) is 0 Å². The Morgan fingerprint density at radius 1 is 1.14 bits per heavy atom. The number of aromatic hydroxyl groups is 1. The highest BCUT2D eigenvalue weighted by Crippen LogP contribution is 2.29. The van der Waals surface area contributed by atoms with Crippen molar-refractivity contribution in [3.63, 3.8) is 0 Å². The first-order chi connectivity index (χ1) is 13.8. The number of carbonyl (C=O) groups is 1. The quantitative estimate of drug-likeness (QED) is 0.253. The van der Waals surface area contributed by atoms with E-state index in [4.69, 9.17) is 9.78 Å². The smallest absolute Gasteiger partial charge is 0.377 e. The van der Waals surface area contributed by atoms with Crippen molar-refractivity contribution in [2.24, 2.45) is 0 Å². The second-order valence-electron chi connectivity index (χ2n) is 7.09. The highest BCUT2D eigenvalue weighted by molar-refractivity contribution is 5.97. The lowest BCUT2D eigenvalue weighted by Crippen LogP contribution is -2.14. The van der Waals surface area contributed by atoms with E-state index in [0.717, 1.165) is 11.1 Å². The van der Waals surface area contributed by atoms with Crippen LogP contribution in [0.4, 0.5) is 4.39 Å². The second kappa shape index (κ2) is 10.6. The Kier molecular flexibility index (Phi) is 8.16. The summed E-state index contributed by atoms with van der Waals surface area (Å²) in [5, 5.41) is 10.7. The number of hydrogen-bond donors (Lipinski definition) is 1. The fourth-order valence-corrected chi connectivity index (χ4v) is 2.48. The number of carbonyl (C=O) groups excluding carboxylic acids is 1. The fourth-order valence-electron chi connectivity index (χ4n) is 2.48. The maximum atomic E-state index is 13.1. The van der Waals surface area contributed by atoms with Crippen molar-refractivity contribution in [2.75, 3.05) is 0 Å². The molecular formula is C24H27FO4. The van der Waals surface area contributed by atoms with Crippen LogP contribution >= 0.6 is 0 Å². The number of benzene rings is 2. The molecule has 0 bridgehead atoms. The molecule has 0 heterocycles.